The zero-order valence-corrected chi connectivity index (χ0v) is 9.37. The van der Waals surface area contributed by atoms with E-state index < -0.39 is 8.32 Å². The summed E-state index contributed by atoms with van der Waals surface area (Å²) in [5, 5.41) is 0. The summed E-state index contributed by atoms with van der Waals surface area (Å²) in [5.41, 5.74) is 0. The predicted octanol–water partition coefficient (Wildman–Crippen LogP) is 2.97. The van der Waals surface area contributed by atoms with E-state index in [1.807, 2.05) is 0 Å². The molecule has 1 aliphatic carbocycles. The second-order valence-electron chi connectivity index (χ2n) is 4.28. The highest BCUT2D eigenvalue weighted by atomic mass is 28.4. The molecule has 0 N–H and O–H groups in total. The normalized spacial score (nSPS) is 20.3. The minimum Gasteiger partial charge on any atom is -0.414 e. The molecule has 0 heterocycles. The summed E-state index contributed by atoms with van der Waals surface area (Å²) in [4.78, 5) is 0. The lowest BCUT2D eigenvalue weighted by Gasteiger charge is -2.26. The van der Waals surface area contributed by atoms with Crippen LogP contribution in [0.4, 0.5) is 0 Å². The summed E-state index contributed by atoms with van der Waals surface area (Å²) >= 11 is 0. The first-order chi connectivity index (χ1) is 5.49. The lowest BCUT2D eigenvalue weighted by Crippen LogP contribution is -2.33. The highest BCUT2D eigenvalue weighted by Gasteiger charge is 2.22. The van der Waals surface area contributed by atoms with Gasteiger partial charge in [0.25, 0.3) is 0 Å². The fraction of sp³-hybridized carbons (Fsp3) is 0.600. The SMILES string of the molecule is CC(O[Si](C)(C)C)C1C=CC=C1. The van der Waals surface area contributed by atoms with Crippen LogP contribution < -0.4 is 0 Å². The molecule has 1 atom stereocenters. The van der Waals surface area contributed by atoms with Crippen molar-refractivity contribution in [1.29, 1.82) is 0 Å². The van der Waals surface area contributed by atoms with Gasteiger partial charge < -0.3 is 4.43 Å². The molecule has 0 radical (unpaired) electrons. The van der Waals surface area contributed by atoms with E-state index in [1.54, 1.807) is 0 Å². The van der Waals surface area contributed by atoms with E-state index in [4.69, 9.17) is 4.43 Å². The molecule has 0 aliphatic heterocycles. The first-order valence-electron chi connectivity index (χ1n) is 4.52. The Morgan fingerprint density at radius 3 is 2.08 bits per heavy atom. The topological polar surface area (TPSA) is 9.23 Å². The standard InChI is InChI=1S/C10H18OSi/c1-9(11-12(2,3)4)10-7-5-6-8-10/h5-10H,1-4H3. The molecule has 0 bridgehead atoms. The average Bonchev–Trinajstić information content (AvgIpc) is 2.32. The highest BCUT2D eigenvalue weighted by molar-refractivity contribution is 6.69. The molecule has 1 aliphatic rings. The van der Waals surface area contributed by atoms with Crippen LogP contribution in [0.1, 0.15) is 6.92 Å². The third kappa shape index (κ3) is 2.95. The van der Waals surface area contributed by atoms with Crippen LogP contribution in [0.15, 0.2) is 24.3 Å². The van der Waals surface area contributed by atoms with Crippen molar-refractivity contribution in [3.8, 4) is 0 Å². The molecule has 68 valence electrons. The molecule has 0 aromatic rings. The van der Waals surface area contributed by atoms with E-state index in [1.165, 1.54) is 0 Å². The minimum atomic E-state index is -1.36. The molecule has 1 rings (SSSR count). The molecule has 0 saturated carbocycles. The fourth-order valence-corrected chi connectivity index (χ4v) is 2.67. The van der Waals surface area contributed by atoms with Crippen molar-refractivity contribution in [2.45, 2.75) is 32.7 Å². The van der Waals surface area contributed by atoms with Gasteiger partial charge in [0.1, 0.15) is 0 Å². The number of hydrogen-bond acceptors (Lipinski definition) is 1. The van der Waals surface area contributed by atoms with Gasteiger partial charge in [-0.05, 0) is 26.6 Å². The van der Waals surface area contributed by atoms with Crippen LogP contribution in [-0.4, -0.2) is 14.4 Å². The van der Waals surface area contributed by atoms with Crippen LogP contribution >= 0.6 is 0 Å². The molecule has 2 heteroatoms. The summed E-state index contributed by atoms with van der Waals surface area (Å²) in [6.45, 7) is 8.84. The lowest BCUT2D eigenvalue weighted by atomic mass is 10.1. The predicted molar refractivity (Wildman–Crippen MR) is 55.7 cm³/mol. The van der Waals surface area contributed by atoms with Gasteiger partial charge in [-0.2, -0.15) is 0 Å². The molecule has 12 heavy (non-hydrogen) atoms. The quantitative estimate of drug-likeness (QED) is 0.610. The largest absolute Gasteiger partial charge is 0.414 e. The van der Waals surface area contributed by atoms with Gasteiger partial charge in [-0.25, -0.2) is 0 Å². The van der Waals surface area contributed by atoms with E-state index in [9.17, 15) is 0 Å². The van der Waals surface area contributed by atoms with Crippen molar-refractivity contribution >= 4 is 8.32 Å². The molecular weight excluding hydrogens is 164 g/mol. The van der Waals surface area contributed by atoms with Crippen LogP contribution in [0.2, 0.25) is 19.6 Å². The van der Waals surface area contributed by atoms with E-state index in [2.05, 4.69) is 50.9 Å². The molecule has 1 nitrogen and oxygen atoms in total. The van der Waals surface area contributed by atoms with Crippen molar-refractivity contribution in [2.75, 3.05) is 0 Å². The minimum absolute atomic E-state index is 0.340. The van der Waals surface area contributed by atoms with E-state index in [0.29, 0.717) is 12.0 Å². The van der Waals surface area contributed by atoms with Gasteiger partial charge in [-0.15, -0.1) is 0 Å². The highest BCUT2D eigenvalue weighted by Crippen LogP contribution is 2.19. The van der Waals surface area contributed by atoms with Gasteiger partial charge in [0, 0.05) is 5.92 Å². The summed E-state index contributed by atoms with van der Waals surface area (Å²) in [7, 11) is -1.36. The Morgan fingerprint density at radius 1 is 1.17 bits per heavy atom. The Bertz CT molecular complexity index is 188. The van der Waals surface area contributed by atoms with Crippen LogP contribution in [0.3, 0.4) is 0 Å². The third-order valence-electron chi connectivity index (χ3n) is 1.86. The van der Waals surface area contributed by atoms with Gasteiger partial charge in [0.05, 0.1) is 6.10 Å². The van der Waals surface area contributed by atoms with Crippen molar-refractivity contribution in [2.24, 2.45) is 5.92 Å². The van der Waals surface area contributed by atoms with E-state index in [0.717, 1.165) is 0 Å². The van der Waals surface area contributed by atoms with Crippen LogP contribution in [-0.2, 0) is 4.43 Å². The Balaban J connectivity index is 2.43. The Morgan fingerprint density at radius 2 is 1.67 bits per heavy atom. The van der Waals surface area contributed by atoms with Gasteiger partial charge in [0.15, 0.2) is 8.32 Å². The van der Waals surface area contributed by atoms with Gasteiger partial charge in [-0.1, -0.05) is 24.3 Å². The average molecular weight is 182 g/mol. The zero-order valence-electron chi connectivity index (χ0n) is 8.37. The van der Waals surface area contributed by atoms with Crippen molar-refractivity contribution in [3.63, 3.8) is 0 Å². The lowest BCUT2D eigenvalue weighted by molar-refractivity contribution is 0.189. The maximum atomic E-state index is 5.96. The van der Waals surface area contributed by atoms with Crippen molar-refractivity contribution < 1.29 is 4.43 Å². The monoisotopic (exact) mass is 182 g/mol. The van der Waals surface area contributed by atoms with Crippen molar-refractivity contribution in [3.05, 3.63) is 24.3 Å². The number of rotatable bonds is 3. The van der Waals surface area contributed by atoms with E-state index in [-0.39, 0.29) is 0 Å². The first-order valence-corrected chi connectivity index (χ1v) is 7.93. The maximum Gasteiger partial charge on any atom is 0.184 e. The molecule has 0 fully saturated rings. The molecule has 0 amide bonds. The van der Waals surface area contributed by atoms with Crippen LogP contribution in [0.25, 0.3) is 0 Å². The maximum absolute atomic E-state index is 5.96. The van der Waals surface area contributed by atoms with Crippen LogP contribution in [0.5, 0.6) is 0 Å². The molecule has 0 saturated heterocycles. The van der Waals surface area contributed by atoms with Gasteiger partial charge in [-0.3, -0.25) is 0 Å². The zero-order chi connectivity index (χ0) is 9.19. The summed E-state index contributed by atoms with van der Waals surface area (Å²) in [6.07, 6.45) is 8.92. The van der Waals surface area contributed by atoms with Gasteiger partial charge >= 0.3 is 0 Å². The Kier molecular flexibility index (Phi) is 2.91. The molecule has 0 aromatic carbocycles. The first kappa shape index (κ1) is 9.74. The summed E-state index contributed by atoms with van der Waals surface area (Å²) < 4.78 is 5.96. The molecule has 0 spiro atoms. The van der Waals surface area contributed by atoms with Gasteiger partial charge in [0.2, 0.25) is 0 Å². The van der Waals surface area contributed by atoms with Crippen LogP contribution in [0, 0.1) is 5.92 Å². The second kappa shape index (κ2) is 3.58. The van der Waals surface area contributed by atoms with E-state index >= 15 is 0 Å². The number of hydrogen-bond donors (Lipinski definition) is 0. The Hall–Kier alpha value is -0.343. The second-order valence-corrected chi connectivity index (χ2v) is 8.74. The third-order valence-corrected chi connectivity index (χ3v) is 2.94. The molecular formula is C10H18OSi. The summed E-state index contributed by atoms with van der Waals surface area (Å²) in [5.74, 6) is 0.497. The molecule has 0 aromatic heterocycles. The van der Waals surface area contributed by atoms with Crippen molar-refractivity contribution in [1.82, 2.24) is 0 Å². The smallest absolute Gasteiger partial charge is 0.184 e. The summed E-state index contributed by atoms with van der Waals surface area (Å²) in [6, 6.07) is 0. The number of allylic oxidation sites excluding steroid dienone is 2. The Labute approximate surface area is 76.3 Å². The molecule has 1 unspecified atom stereocenters. The fourth-order valence-electron chi connectivity index (χ4n) is 1.40.